The lowest BCUT2D eigenvalue weighted by Crippen LogP contribution is -2.30. The van der Waals surface area contributed by atoms with Crippen LogP contribution in [0.1, 0.15) is 18.5 Å². The topological polar surface area (TPSA) is 108 Å². The Balaban J connectivity index is 2.11. The summed E-state index contributed by atoms with van der Waals surface area (Å²) in [5.74, 6) is -0.334. The van der Waals surface area contributed by atoms with Crippen LogP contribution in [0.15, 0.2) is 41.2 Å². The van der Waals surface area contributed by atoms with E-state index in [-0.39, 0.29) is 10.7 Å². The zero-order valence-electron chi connectivity index (χ0n) is 11.4. The van der Waals surface area contributed by atoms with Gasteiger partial charge in [-0.05, 0) is 24.6 Å². The van der Waals surface area contributed by atoms with Gasteiger partial charge in [0.05, 0.1) is 10.9 Å². The minimum atomic E-state index is -3.78. The fraction of sp³-hybridized carbons (Fsp3) is 0.308. The predicted octanol–water partition coefficient (Wildman–Crippen LogP) is 0.399. The molecule has 0 saturated heterocycles. The monoisotopic (exact) mass is 312 g/mol. The van der Waals surface area contributed by atoms with Crippen LogP contribution >= 0.6 is 0 Å². The van der Waals surface area contributed by atoms with Gasteiger partial charge in [0.15, 0.2) is 0 Å². The maximum atomic E-state index is 11.9. The molecule has 0 bridgehead atoms. The van der Waals surface area contributed by atoms with Crippen molar-refractivity contribution < 1.29 is 22.7 Å². The van der Waals surface area contributed by atoms with Crippen LogP contribution in [0, 0.1) is 0 Å². The molecular weight excluding hydrogens is 296 g/mol. The molecule has 2 rings (SSSR count). The van der Waals surface area contributed by atoms with Gasteiger partial charge < -0.3 is 14.8 Å². The molecule has 0 aliphatic carbocycles. The molecule has 114 valence electrons. The van der Waals surface area contributed by atoms with Crippen molar-refractivity contribution in [2.24, 2.45) is 5.14 Å². The van der Waals surface area contributed by atoms with Crippen LogP contribution in [0.2, 0.25) is 0 Å². The number of nitrogens with one attached hydrogen (secondary N) is 1. The van der Waals surface area contributed by atoms with Crippen LogP contribution in [0.4, 0.5) is 0 Å². The number of primary sulfonamides is 1. The van der Waals surface area contributed by atoms with E-state index in [2.05, 4.69) is 5.32 Å². The van der Waals surface area contributed by atoms with Crippen LogP contribution in [0.25, 0.3) is 0 Å². The van der Waals surface area contributed by atoms with Gasteiger partial charge in [-0.15, -0.1) is 0 Å². The van der Waals surface area contributed by atoms with Gasteiger partial charge in [-0.3, -0.25) is 4.79 Å². The summed E-state index contributed by atoms with van der Waals surface area (Å²) >= 11 is 0. The molecule has 1 aliphatic heterocycles. The zero-order chi connectivity index (χ0) is 15.5. The molecule has 1 atom stereocenters. The Hall–Kier alpha value is -2.06. The van der Waals surface area contributed by atoms with Crippen molar-refractivity contribution >= 4 is 15.9 Å². The number of amides is 1. The summed E-state index contributed by atoms with van der Waals surface area (Å²) < 4.78 is 32.8. The van der Waals surface area contributed by atoms with Gasteiger partial charge in [-0.2, -0.15) is 0 Å². The summed E-state index contributed by atoms with van der Waals surface area (Å²) in [6.45, 7) is 2.45. The average Bonchev–Trinajstić information content (AvgIpc) is 2.47. The summed E-state index contributed by atoms with van der Waals surface area (Å²) in [7, 11) is -3.78. The first-order valence-corrected chi connectivity index (χ1v) is 7.81. The minimum Gasteiger partial charge on any atom is -0.494 e. The number of nitrogens with two attached hydrogens (primary N) is 1. The van der Waals surface area contributed by atoms with E-state index in [0.29, 0.717) is 18.8 Å². The average molecular weight is 312 g/mol. The third kappa shape index (κ3) is 3.96. The molecule has 8 heteroatoms. The number of sulfonamides is 1. The minimum absolute atomic E-state index is 0.00226. The van der Waals surface area contributed by atoms with Crippen molar-refractivity contribution in [3.05, 3.63) is 41.9 Å². The Morgan fingerprint density at radius 2 is 2.14 bits per heavy atom. The lowest BCUT2D eigenvalue weighted by atomic mass is 10.1. The highest BCUT2D eigenvalue weighted by Crippen LogP contribution is 2.17. The molecule has 1 aliphatic rings. The third-order valence-electron chi connectivity index (χ3n) is 2.91. The molecule has 7 nitrogen and oxygen atoms in total. The molecule has 1 unspecified atom stereocenters. The van der Waals surface area contributed by atoms with Gasteiger partial charge in [-0.25, -0.2) is 13.6 Å². The lowest BCUT2D eigenvalue weighted by Gasteiger charge is -2.18. The number of carbonyl (C=O) groups excluding carboxylic acids is 1. The van der Waals surface area contributed by atoms with E-state index in [9.17, 15) is 13.2 Å². The van der Waals surface area contributed by atoms with Crippen LogP contribution in [-0.2, 0) is 24.3 Å². The Labute approximate surface area is 122 Å². The highest BCUT2D eigenvalue weighted by molar-refractivity contribution is 7.89. The summed E-state index contributed by atoms with van der Waals surface area (Å²) in [4.78, 5) is 11.9. The van der Waals surface area contributed by atoms with Gasteiger partial charge in [0.25, 0.3) is 5.91 Å². The van der Waals surface area contributed by atoms with E-state index in [0.717, 1.165) is 0 Å². The molecule has 0 radical (unpaired) electrons. The van der Waals surface area contributed by atoms with E-state index in [1.807, 2.05) is 0 Å². The largest absolute Gasteiger partial charge is 0.494 e. The Morgan fingerprint density at radius 1 is 1.38 bits per heavy atom. The SMILES string of the molecule is CC(NC(=O)C1=COCCO1)c1cccc(S(N)(=O)=O)c1. The Morgan fingerprint density at radius 3 is 2.76 bits per heavy atom. The Kier molecular flexibility index (Phi) is 4.49. The second kappa shape index (κ2) is 6.15. The first-order valence-electron chi connectivity index (χ1n) is 6.26. The molecule has 1 aromatic carbocycles. The first-order chi connectivity index (χ1) is 9.88. The summed E-state index contributed by atoms with van der Waals surface area (Å²) in [5.41, 5.74) is 0.618. The van der Waals surface area contributed by atoms with Crippen molar-refractivity contribution in [2.75, 3.05) is 13.2 Å². The van der Waals surface area contributed by atoms with Crippen LogP contribution in [0.5, 0.6) is 0 Å². The summed E-state index contributed by atoms with van der Waals surface area (Å²) in [5, 5.41) is 7.78. The van der Waals surface area contributed by atoms with Crippen molar-refractivity contribution in [2.45, 2.75) is 17.9 Å². The number of carbonyl (C=O) groups is 1. The maximum Gasteiger partial charge on any atom is 0.290 e. The van der Waals surface area contributed by atoms with E-state index in [4.69, 9.17) is 14.6 Å². The lowest BCUT2D eigenvalue weighted by molar-refractivity contribution is -0.122. The van der Waals surface area contributed by atoms with E-state index < -0.39 is 22.0 Å². The van der Waals surface area contributed by atoms with Crippen molar-refractivity contribution in [3.63, 3.8) is 0 Å². The van der Waals surface area contributed by atoms with Crippen LogP contribution in [-0.4, -0.2) is 27.5 Å². The fourth-order valence-corrected chi connectivity index (χ4v) is 2.37. The van der Waals surface area contributed by atoms with E-state index in [1.54, 1.807) is 19.1 Å². The van der Waals surface area contributed by atoms with E-state index >= 15 is 0 Å². The van der Waals surface area contributed by atoms with E-state index in [1.165, 1.54) is 18.4 Å². The molecule has 0 saturated carbocycles. The predicted molar refractivity (Wildman–Crippen MR) is 74.4 cm³/mol. The second-order valence-electron chi connectivity index (χ2n) is 4.51. The van der Waals surface area contributed by atoms with Crippen LogP contribution < -0.4 is 10.5 Å². The molecule has 3 N–H and O–H groups in total. The maximum absolute atomic E-state index is 11.9. The zero-order valence-corrected chi connectivity index (χ0v) is 12.2. The van der Waals surface area contributed by atoms with Gasteiger partial charge in [0.1, 0.15) is 19.5 Å². The quantitative estimate of drug-likeness (QED) is 0.836. The normalized spacial score (nSPS) is 16.2. The molecule has 1 aromatic rings. The number of hydrogen-bond donors (Lipinski definition) is 2. The molecule has 1 amide bonds. The third-order valence-corrected chi connectivity index (χ3v) is 3.82. The molecule has 0 fully saturated rings. The first kappa shape index (κ1) is 15.3. The molecule has 0 spiro atoms. The molecule has 1 heterocycles. The number of ether oxygens (including phenoxy) is 2. The van der Waals surface area contributed by atoms with Gasteiger partial charge in [-0.1, -0.05) is 12.1 Å². The fourth-order valence-electron chi connectivity index (χ4n) is 1.80. The summed E-state index contributed by atoms with van der Waals surface area (Å²) in [6.07, 6.45) is 1.26. The number of hydrogen-bond acceptors (Lipinski definition) is 5. The van der Waals surface area contributed by atoms with Crippen LogP contribution in [0.3, 0.4) is 0 Å². The summed E-state index contributed by atoms with van der Waals surface area (Å²) in [6, 6.07) is 5.68. The molecular formula is C13H16N2O5S. The number of benzene rings is 1. The van der Waals surface area contributed by atoms with Gasteiger partial charge in [0, 0.05) is 0 Å². The molecule has 0 aromatic heterocycles. The van der Waals surface area contributed by atoms with Gasteiger partial charge in [0.2, 0.25) is 15.8 Å². The highest BCUT2D eigenvalue weighted by atomic mass is 32.2. The van der Waals surface area contributed by atoms with Gasteiger partial charge >= 0.3 is 0 Å². The van der Waals surface area contributed by atoms with Crippen molar-refractivity contribution in [3.8, 4) is 0 Å². The Bertz CT molecular complexity index is 669. The second-order valence-corrected chi connectivity index (χ2v) is 6.08. The number of rotatable bonds is 4. The molecule has 21 heavy (non-hydrogen) atoms. The highest BCUT2D eigenvalue weighted by Gasteiger charge is 2.18. The van der Waals surface area contributed by atoms with Crippen molar-refractivity contribution in [1.82, 2.24) is 5.32 Å². The van der Waals surface area contributed by atoms with Crippen molar-refractivity contribution in [1.29, 1.82) is 0 Å². The smallest absolute Gasteiger partial charge is 0.290 e. The standard InChI is InChI=1S/C13H16N2O5S/c1-9(15-13(16)12-8-19-5-6-20-12)10-3-2-4-11(7-10)21(14,17)18/h2-4,7-9H,5-6H2,1H3,(H,15,16)(H2,14,17,18).